The molecule has 3 aliphatic rings. The van der Waals surface area contributed by atoms with Crippen LogP contribution in [0, 0.1) is 5.92 Å². The van der Waals surface area contributed by atoms with Gasteiger partial charge in [0.25, 0.3) is 0 Å². The molecule has 4 bridgehead atoms. The second-order valence-electron chi connectivity index (χ2n) is 13.0. The van der Waals surface area contributed by atoms with E-state index in [-0.39, 0.29) is 37.6 Å². The molecule has 1 saturated heterocycles. The Hall–Kier alpha value is -4.99. The highest BCUT2D eigenvalue weighted by molar-refractivity contribution is 5.96. The lowest BCUT2D eigenvalue weighted by molar-refractivity contribution is -0.146. The van der Waals surface area contributed by atoms with Crippen LogP contribution in [0.4, 0.5) is 0 Å². The van der Waals surface area contributed by atoms with Crippen LogP contribution in [-0.2, 0) is 19.2 Å². The highest BCUT2D eigenvalue weighted by Crippen LogP contribution is 2.45. The number of nitrogens with one attached hydrogen (secondary N) is 2. The van der Waals surface area contributed by atoms with Gasteiger partial charge in [0.1, 0.15) is 29.5 Å². The predicted octanol–water partition coefficient (Wildman–Crippen LogP) is 5.27. The van der Waals surface area contributed by atoms with Crippen molar-refractivity contribution < 1.29 is 29.0 Å². The third kappa shape index (κ3) is 6.83. The molecular formula is C38H42N4O6. The molecule has 2 aliphatic heterocycles. The number of carbonyl (C=O) groups excluding carboxylic acids is 3. The van der Waals surface area contributed by atoms with E-state index in [0.29, 0.717) is 31.4 Å². The van der Waals surface area contributed by atoms with Crippen LogP contribution in [0.25, 0.3) is 28.2 Å². The molecule has 1 aromatic heterocycles. The number of carboxylic acids is 1. The molecule has 3 amide bonds. The lowest BCUT2D eigenvalue weighted by Crippen LogP contribution is -2.56. The Kier molecular flexibility index (Phi) is 9.61. The molecule has 1 aliphatic carbocycles. The number of benzene rings is 2. The first-order valence-corrected chi connectivity index (χ1v) is 16.8. The zero-order valence-electron chi connectivity index (χ0n) is 27.2. The predicted molar refractivity (Wildman–Crippen MR) is 183 cm³/mol. The number of pyridine rings is 1. The molecule has 2 fully saturated rings. The van der Waals surface area contributed by atoms with Gasteiger partial charge in [-0.1, -0.05) is 74.4 Å². The molecule has 10 nitrogen and oxygen atoms in total. The minimum absolute atomic E-state index is 0.0878. The molecule has 250 valence electrons. The van der Waals surface area contributed by atoms with Gasteiger partial charge >= 0.3 is 5.97 Å². The maximum atomic E-state index is 14.2. The second-order valence-corrected chi connectivity index (χ2v) is 13.0. The van der Waals surface area contributed by atoms with E-state index in [2.05, 4.69) is 17.2 Å². The Morgan fingerprint density at radius 2 is 2.00 bits per heavy atom. The smallest absolute Gasteiger partial charge is 0.330 e. The van der Waals surface area contributed by atoms with Crippen molar-refractivity contribution in [2.45, 2.75) is 82.0 Å². The minimum atomic E-state index is -1.45. The summed E-state index contributed by atoms with van der Waals surface area (Å²) in [7, 11) is 0. The Labute approximate surface area is 280 Å². The van der Waals surface area contributed by atoms with Gasteiger partial charge in [-0.3, -0.25) is 14.4 Å². The lowest BCUT2D eigenvalue weighted by atomic mass is 10.0. The van der Waals surface area contributed by atoms with Crippen molar-refractivity contribution in [1.29, 1.82) is 0 Å². The summed E-state index contributed by atoms with van der Waals surface area (Å²) in [5.74, 6) is -2.13. The summed E-state index contributed by atoms with van der Waals surface area (Å²) in [4.78, 5) is 59.8. The molecule has 3 heterocycles. The van der Waals surface area contributed by atoms with E-state index in [4.69, 9.17) is 9.72 Å². The summed E-state index contributed by atoms with van der Waals surface area (Å²) >= 11 is 0. The Morgan fingerprint density at radius 1 is 1.19 bits per heavy atom. The molecule has 3 N–H and O–H groups in total. The normalized spacial score (nSPS) is 25.6. The number of aliphatic carboxylic acids is 1. The van der Waals surface area contributed by atoms with Crippen molar-refractivity contribution in [2.75, 3.05) is 6.54 Å². The molecule has 2 aromatic carbocycles. The van der Waals surface area contributed by atoms with Crippen molar-refractivity contribution in [1.82, 2.24) is 20.5 Å². The van der Waals surface area contributed by atoms with Gasteiger partial charge in [-0.25, -0.2) is 9.78 Å². The second kappa shape index (κ2) is 14.0. The number of aromatic nitrogens is 1. The Morgan fingerprint density at radius 3 is 2.73 bits per heavy atom. The van der Waals surface area contributed by atoms with Crippen LogP contribution in [0.1, 0.15) is 63.9 Å². The van der Waals surface area contributed by atoms with Gasteiger partial charge in [0.15, 0.2) is 0 Å². The van der Waals surface area contributed by atoms with Gasteiger partial charge in [0.2, 0.25) is 17.7 Å². The molecular weight excluding hydrogens is 608 g/mol. The zero-order chi connectivity index (χ0) is 33.8. The maximum absolute atomic E-state index is 14.2. The van der Waals surface area contributed by atoms with E-state index in [1.165, 1.54) is 11.0 Å². The van der Waals surface area contributed by atoms with Gasteiger partial charge in [-0.05, 0) is 43.4 Å². The van der Waals surface area contributed by atoms with Crippen molar-refractivity contribution >= 4 is 40.7 Å². The van der Waals surface area contributed by atoms with E-state index >= 15 is 0 Å². The van der Waals surface area contributed by atoms with Crippen LogP contribution in [0.15, 0.2) is 73.3 Å². The highest BCUT2D eigenvalue weighted by Gasteiger charge is 2.61. The molecule has 0 radical (unpaired) electrons. The van der Waals surface area contributed by atoms with E-state index in [0.717, 1.165) is 34.1 Å². The largest absolute Gasteiger partial charge is 0.488 e. The van der Waals surface area contributed by atoms with Crippen molar-refractivity contribution in [3.05, 3.63) is 78.9 Å². The average Bonchev–Trinajstić information content (AvgIpc) is 3.65. The summed E-state index contributed by atoms with van der Waals surface area (Å²) in [5, 5.41) is 16.5. The Bertz CT molecular complexity index is 1760. The lowest BCUT2D eigenvalue weighted by Gasteiger charge is -2.29. The topological polar surface area (TPSA) is 138 Å². The van der Waals surface area contributed by atoms with Crippen LogP contribution >= 0.6 is 0 Å². The zero-order valence-corrected chi connectivity index (χ0v) is 27.2. The number of fused-ring (bicyclic) bond motifs is 3. The summed E-state index contributed by atoms with van der Waals surface area (Å²) < 4.78 is 6.70. The molecule has 1 saturated carbocycles. The first-order chi connectivity index (χ1) is 23.2. The number of nitrogens with zero attached hydrogens (tertiary/aromatic N) is 2. The van der Waals surface area contributed by atoms with Crippen LogP contribution in [0.2, 0.25) is 0 Å². The number of carbonyl (C=O) groups is 4. The highest BCUT2D eigenvalue weighted by atomic mass is 16.5. The summed E-state index contributed by atoms with van der Waals surface area (Å²) in [6.45, 7) is 5.82. The van der Waals surface area contributed by atoms with Gasteiger partial charge in [-0.2, -0.15) is 0 Å². The number of ether oxygens (including phenoxy) is 1. The van der Waals surface area contributed by atoms with Crippen LogP contribution in [0.5, 0.6) is 5.75 Å². The summed E-state index contributed by atoms with van der Waals surface area (Å²) in [6.07, 6.45) is 8.88. The van der Waals surface area contributed by atoms with Gasteiger partial charge in [-0.15, -0.1) is 6.58 Å². The number of hydrogen-bond acceptors (Lipinski definition) is 6. The quantitative estimate of drug-likeness (QED) is 0.283. The van der Waals surface area contributed by atoms with E-state index in [1.807, 2.05) is 73.7 Å². The van der Waals surface area contributed by atoms with Crippen LogP contribution in [-0.4, -0.2) is 69.0 Å². The number of carboxylic acid groups (broad SMARTS) is 1. The number of allylic oxidation sites excluding steroid dienone is 1. The number of hydrogen-bond donors (Lipinski definition) is 3. The van der Waals surface area contributed by atoms with Gasteiger partial charge < -0.3 is 25.4 Å². The first-order valence-electron chi connectivity index (χ1n) is 16.8. The SMILES string of the molecule is C=C[C@@H]1C[C@]1(NC(=O)[C@@H]1C[C@@H]2CN1C(=O)[C@H](CCCC)NC(=O)CCCC=Cc1ccc3nc(-c4ccccc4)cc(c3c1)O2)C(=O)O. The number of unbranched alkanes of at least 4 members (excludes halogenated alkanes) is 1. The fraction of sp³-hybridized carbons (Fsp3) is 0.395. The Balaban J connectivity index is 1.40. The van der Waals surface area contributed by atoms with E-state index < -0.39 is 41.5 Å². The molecule has 48 heavy (non-hydrogen) atoms. The first kappa shape index (κ1) is 32.9. The summed E-state index contributed by atoms with van der Waals surface area (Å²) in [6, 6.07) is 15.8. The molecule has 6 rings (SSSR count). The molecule has 0 spiro atoms. The fourth-order valence-electron chi connectivity index (χ4n) is 6.78. The van der Waals surface area contributed by atoms with Gasteiger partial charge in [0.05, 0.1) is 17.8 Å². The van der Waals surface area contributed by atoms with Crippen LogP contribution < -0.4 is 15.4 Å². The summed E-state index contributed by atoms with van der Waals surface area (Å²) in [5.41, 5.74) is 1.88. The van der Waals surface area contributed by atoms with Crippen molar-refractivity contribution in [3.63, 3.8) is 0 Å². The third-order valence-electron chi connectivity index (χ3n) is 9.60. The maximum Gasteiger partial charge on any atom is 0.330 e. The monoisotopic (exact) mass is 650 g/mol. The fourth-order valence-corrected chi connectivity index (χ4v) is 6.78. The molecule has 10 heteroatoms. The third-order valence-corrected chi connectivity index (χ3v) is 9.60. The molecule has 5 atom stereocenters. The van der Waals surface area contributed by atoms with Crippen molar-refractivity contribution in [3.8, 4) is 17.0 Å². The number of rotatable bonds is 8. The van der Waals surface area contributed by atoms with Crippen molar-refractivity contribution in [2.24, 2.45) is 5.92 Å². The van der Waals surface area contributed by atoms with E-state index in [1.54, 1.807) is 0 Å². The van der Waals surface area contributed by atoms with Crippen LogP contribution in [0.3, 0.4) is 0 Å². The average molecular weight is 651 g/mol. The van der Waals surface area contributed by atoms with Gasteiger partial charge in [0, 0.05) is 35.8 Å². The number of amides is 3. The standard InChI is InChI=1S/C38H42N4O6/c1-3-5-15-30-36(45)42-23-27(20-32(42)35(44)41-38(37(46)47)22-26(38)4-2)48-33-21-31(25-13-9-7-10-14-25)39-29-18-17-24(19-28(29)33)12-8-6-11-16-34(43)40-30/h4,7-10,12-14,17-19,21,26-27,30,32H,2-3,5-6,11,15-16,20,22-23H2,1H3,(H,40,43)(H,41,44)(H,46,47)/t26-,27-,30+,32+,38-/m1/s1. The molecule has 3 aromatic rings. The van der Waals surface area contributed by atoms with E-state index in [9.17, 15) is 24.3 Å². The molecule has 0 unspecified atom stereocenters. The minimum Gasteiger partial charge on any atom is -0.488 e.